The summed E-state index contributed by atoms with van der Waals surface area (Å²) in [6.07, 6.45) is 4.36. The molecule has 0 aromatic carbocycles. The number of esters is 1. The van der Waals surface area contributed by atoms with Crippen molar-refractivity contribution < 1.29 is 19.4 Å². The summed E-state index contributed by atoms with van der Waals surface area (Å²) in [5.74, 6) is -1.37. The molecule has 0 atom stereocenters. The van der Waals surface area contributed by atoms with Crippen molar-refractivity contribution in [1.29, 1.82) is 0 Å². The van der Waals surface area contributed by atoms with Crippen LogP contribution in [0.3, 0.4) is 0 Å². The van der Waals surface area contributed by atoms with Gasteiger partial charge in [-0.3, -0.25) is 4.79 Å². The molecule has 0 unspecified atom stereocenters. The SMILES string of the molecule is CCOC(=O)C1=C(O)C2(CCCCC2)NC1=O. The summed E-state index contributed by atoms with van der Waals surface area (Å²) in [5.41, 5.74) is -0.925. The van der Waals surface area contributed by atoms with Crippen molar-refractivity contribution >= 4 is 11.9 Å². The van der Waals surface area contributed by atoms with Crippen molar-refractivity contribution in [2.45, 2.75) is 44.6 Å². The predicted octanol–water partition coefficient (Wildman–Crippen LogP) is 1.19. The summed E-state index contributed by atoms with van der Waals surface area (Å²) in [7, 11) is 0. The number of ether oxygens (including phenoxy) is 1. The topological polar surface area (TPSA) is 75.6 Å². The Labute approximate surface area is 99.8 Å². The highest BCUT2D eigenvalue weighted by Crippen LogP contribution is 2.38. The summed E-state index contributed by atoms with van der Waals surface area (Å²) >= 11 is 0. The summed E-state index contributed by atoms with van der Waals surface area (Å²) in [6, 6.07) is 0. The molecule has 1 heterocycles. The first-order valence-electron chi connectivity index (χ1n) is 6.04. The Kier molecular flexibility index (Phi) is 3.09. The zero-order chi connectivity index (χ0) is 12.5. The van der Waals surface area contributed by atoms with Crippen LogP contribution in [0.4, 0.5) is 0 Å². The van der Waals surface area contributed by atoms with Gasteiger partial charge in [-0.2, -0.15) is 0 Å². The minimum absolute atomic E-state index is 0.124. The molecule has 1 fully saturated rings. The highest BCUT2D eigenvalue weighted by molar-refractivity contribution is 6.19. The summed E-state index contributed by atoms with van der Waals surface area (Å²) < 4.78 is 4.78. The average molecular weight is 239 g/mol. The Hall–Kier alpha value is -1.52. The van der Waals surface area contributed by atoms with Gasteiger partial charge >= 0.3 is 5.97 Å². The molecule has 0 saturated heterocycles. The molecule has 1 amide bonds. The predicted molar refractivity (Wildman–Crippen MR) is 60.2 cm³/mol. The number of hydrogen-bond acceptors (Lipinski definition) is 4. The first kappa shape index (κ1) is 12.0. The van der Waals surface area contributed by atoms with Crippen LogP contribution in [0.5, 0.6) is 0 Å². The molecule has 1 spiro atoms. The molecule has 94 valence electrons. The molecule has 0 bridgehead atoms. The Bertz CT molecular complexity index is 380. The third-order valence-corrected chi connectivity index (χ3v) is 3.46. The molecular formula is C12H17NO4. The van der Waals surface area contributed by atoms with Gasteiger partial charge in [0.2, 0.25) is 0 Å². The van der Waals surface area contributed by atoms with Gasteiger partial charge in [0.15, 0.2) is 5.57 Å². The van der Waals surface area contributed by atoms with Gasteiger partial charge in [-0.15, -0.1) is 0 Å². The van der Waals surface area contributed by atoms with Crippen LogP contribution >= 0.6 is 0 Å². The monoisotopic (exact) mass is 239 g/mol. The lowest BCUT2D eigenvalue weighted by Gasteiger charge is -2.33. The third-order valence-electron chi connectivity index (χ3n) is 3.46. The molecule has 5 nitrogen and oxygen atoms in total. The number of carbonyl (C=O) groups is 2. The number of carbonyl (C=O) groups excluding carboxylic acids is 2. The summed E-state index contributed by atoms with van der Waals surface area (Å²) in [6.45, 7) is 1.86. The minimum atomic E-state index is -0.732. The number of rotatable bonds is 2. The van der Waals surface area contributed by atoms with E-state index in [1.165, 1.54) is 0 Å². The lowest BCUT2D eigenvalue weighted by atomic mass is 9.81. The second kappa shape index (κ2) is 4.39. The van der Waals surface area contributed by atoms with E-state index in [-0.39, 0.29) is 17.9 Å². The van der Waals surface area contributed by atoms with E-state index in [2.05, 4.69) is 5.32 Å². The lowest BCUT2D eigenvalue weighted by molar-refractivity contribution is -0.140. The van der Waals surface area contributed by atoms with Crippen LogP contribution in [0.25, 0.3) is 0 Å². The Morgan fingerprint density at radius 1 is 1.41 bits per heavy atom. The molecule has 1 aliphatic carbocycles. The minimum Gasteiger partial charge on any atom is -0.509 e. The van der Waals surface area contributed by atoms with E-state index < -0.39 is 17.4 Å². The summed E-state index contributed by atoms with van der Waals surface area (Å²) in [5, 5.41) is 12.9. The number of amides is 1. The van der Waals surface area contributed by atoms with Crippen LogP contribution in [0.2, 0.25) is 0 Å². The Morgan fingerprint density at radius 3 is 2.65 bits per heavy atom. The zero-order valence-corrected chi connectivity index (χ0v) is 9.91. The molecule has 0 aromatic rings. The van der Waals surface area contributed by atoms with Crippen LogP contribution < -0.4 is 5.32 Å². The van der Waals surface area contributed by atoms with E-state index in [0.717, 1.165) is 19.3 Å². The van der Waals surface area contributed by atoms with E-state index >= 15 is 0 Å². The van der Waals surface area contributed by atoms with E-state index in [4.69, 9.17) is 4.74 Å². The molecule has 2 rings (SSSR count). The number of nitrogens with one attached hydrogen (secondary N) is 1. The molecule has 1 aliphatic heterocycles. The maximum absolute atomic E-state index is 11.7. The molecule has 5 heteroatoms. The van der Waals surface area contributed by atoms with Crippen molar-refractivity contribution in [3.63, 3.8) is 0 Å². The Morgan fingerprint density at radius 2 is 2.06 bits per heavy atom. The highest BCUT2D eigenvalue weighted by atomic mass is 16.5. The van der Waals surface area contributed by atoms with Crippen molar-refractivity contribution in [2.75, 3.05) is 6.61 Å². The van der Waals surface area contributed by atoms with Gasteiger partial charge in [0.1, 0.15) is 5.76 Å². The standard InChI is InChI=1S/C12H17NO4/c1-2-17-11(16)8-9(14)12(13-10(8)15)6-4-3-5-7-12/h14H,2-7H2,1H3,(H,13,15). The van der Waals surface area contributed by atoms with Crippen LogP contribution in [-0.4, -0.2) is 29.1 Å². The maximum Gasteiger partial charge on any atom is 0.347 e. The lowest BCUT2D eigenvalue weighted by Crippen LogP contribution is -2.46. The molecular weight excluding hydrogens is 222 g/mol. The molecule has 17 heavy (non-hydrogen) atoms. The van der Waals surface area contributed by atoms with Gasteiger partial charge in [-0.05, 0) is 19.8 Å². The fourth-order valence-corrected chi connectivity index (χ4v) is 2.60. The van der Waals surface area contributed by atoms with E-state index in [1.807, 2.05) is 0 Å². The van der Waals surface area contributed by atoms with Gasteiger partial charge in [0.25, 0.3) is 5.91 Å². The zero-order valence-electron chi connectivity index (χ0n) is 9.91. The fourth-order valence-electron chi connectivity index (χ4n) is 2.60. The van der Waals surface area contributed by atoms with E-state index in [0.29, 0.717) is 12.8 Å². The van der Waals surface area contributed by atoms with Crippen molar-refractivity contribution in [3.8, 4) is 0 Å². The maximum atomic E-state index is 11.7. The number of aliphatic hydroxyl groups is 1. The summed E-state index contributed by atoms with van der Waals surface area (Å²) in [4.78, 5) is 23.3. The van der Waals surface area contributed by atoms with Crippen molar-refractivity contribution in [1.82, 2.24) is 5.32 Å². The molecule has 2 aliphatic rings. The fraction of sp³-hybridized carbons (Fsp3) is 0.667. The van der Waals surface area contributed by atoms with E-state index in [1.54, 1.807) is 6.92 Å². The van der Waals surface area contributed by atoms with Gasteiger partial charge < -0.3 is 15.2 Å². The average Bonchev–Trinajstić information content (AvgIpc) is 2.52. The first-order valence-corrected chi connectivity index (χ1v) is 6.04. The molecule has 0 aromatic heterocycles. The van der Waals surface area contributed by atoms with Crippen LogP contribution in [0.15, 0.2) is 11.3 Å². The largest absolute Gasteiger partial charge is 0.509 e. The van der Waals surface area contributed by atoms with Crippen molar-refractivity contribution in [2.24, 2.45) is 0 Å². The quantitative estimate of drug-likeness (QED) is 0.560. The molecule has 0 radical (unpaired) electrons. The van der Waals surface area contributed by atoms with Crippen LogP contribution in [-0.2, 0) is 14.3 Å². The van der Waals surface area contributed by atoms with E-state index in [9.17, 15) is 14.7 Å². The third kappa shape index (κ3) is 1.90. The second-order valence-electron chi connectivity index (χ2n) is 4.54. The first-order chi connectivity index (χ1) is 8.10. The Balaban J connectivity index is 2.29. The van der Waals surface area contributed by atoms with Crippen LogP contribution in [0, 0.1) is 0 Å². The number of hydrogen-bond donors (Lipinski definition) is 2. The molecule has 2 N–H and O–H groups in total. The smallest absolute Gasteiger partial charge is 0.347 e. The van der Waals surface area contributed by atoms with Gasteiger partial charge in [0, 0.05) is 0 Å². The van der Waals surface area contributed by atoms with Gasteiger partial charge in [-0.25, -0.2) is 4.79 Å². The highest BCUT2D eigenvalue weighted by Gasteiger charge is 2.48. The van der Waals surface area contributed by atoms with Crippen LogP contribution in [0.1, 0.15) is 39.0 Å². The van der Waals surface area contributed by atoms with Crippen molar-refractivity contribution in [3.05, 3.63) is 11.3 Å². The second-order valence-corrected chi connectivity index (χ2v) is 4.54. The van der Waals surface area contributed by atoms with Gasteiger partial charge in [-0.1, -0.05) is 19.3 Å². The number of aliphatic hydroxyl groups excluding tert-OH is 1. The molecule has 1 saturated carbocycles. The van der Waals surface area contributed by atoms with Gasteiger partial charge in [0.05, 0.1) is 12.1 Å². The normalized spacial score (nSPS) is 22.8.